The molecule has 4 heterocycles. The molecule has 4 aliphatic rings. The lowest BCUT2D eigenvalue weighted by Crippen LogP contribution is -2.60. The fourth-order valence-corrected chi connectivity index (χ4v) is 11.8. The summed E-state index contributed by atoms with van der Waals surface area (Å²) < 4.78 is 10.9. The number of hydrogen-bond acceptors (Lipinski definition) is 6. The lowest BCUT2D eigenvalue weighted by atomic mass is 9.79. The molecule has 2 bridgehead atoms. The van der Waals surface area contributed by atoms with E-state index in [4.69, 9.17) is 20.7 Å². The quantitative estimate of drug-likeness (QED) is 0.659. The van der Waals surface area contributed by atoms with Crippen LogP contribution in [0.15, 0.2) is 18.2 Å². The highest BCUT2D eigenvalue weighted by Crippen LogP contribution is 2.65. The Morgan fingerprint density at radius 2 is 2.00 bits per heavy atom. The van der Waals surface area contributed by atoms with Crippen molar-refractivity contribution in [2.75, 3.05) is 13.8 Å². The molecule has 5 atom stereocenters. The van der Waals surface area contributed by atoms with Crippen LogP contribution in [0.2, 0.25) is 0 Å². The highest BCUT2D eigenvalue weighted by atomic mass is 33.1. The Labute approximate surface area is 172 Å². The highest BCUT2D eigenvalue weighted by molar-refractivity contribution is 8.49. The second-order valence-corrected chi connectivity index (χ2v) is 12.6. The number of likely N-dealkylation sites (N-methyl/N-ethyl adjacent to an activating group) is 1. The van der Waals surface area contributed by atoms with Crippen molar-refractivity contribution in [3.8, 4) is 17.6 Å². The van der Waals surface area contributed by atoms with Crippen molar-refractivity contribution in [3.63, 3.8) is 0 Å². The lowest BCUT2D eigenvalue weighted by molar-refractivity contribution is -0.159. The molecule has 0 saturated carbocycles. The minimum Gasteiger partial charge on any atom is -0.454 e. The van der Waals surface area contributed by atoms with Gasteiger partial charge in [-0.25, -0.2) is 0 Å². The predicted octanol–water partition coefficient (Wildman–Crippen LogP) is 1.19. The SMILES string of the molecule is CN1C(=O)[C@@]23C[C@](C)(C#N)[C@H](c4ccc5c(c4)OCO5)N2C(=O)C1(C)[S@]3=S=S. The van der Waals surface area contributed by atoms with Gasteiger partial charge in [0.1, 0.15) is 0 Å². The molecule has 2 amide bonds. The Hall–Kier alpha value is -1.96. The van der Waals surface area contributed by atoms with E-state index in [0.717, 1.165) is 14.4 Å². The first-order chi connectivity index (χ1) is 13.3. The maximum atomic E-state index is 13.6. The van der Waals surface area contributed by atoms with Gasteiger partial charge in [-0.05, 0) is 61.1 Å². The molecule has 10 heteroatoms. The monoisotopic (exact) mass is 435 g/mol. The van der Waals surface area contributed by atoms with Crippen LogP contribution in [0.1, 0.15) is 31.9 Å². The molecule has 1 spiro atoms. The zero-order valence-corrected chi connectivity index (χ0v) is 17.9. The lowest BCUT2D eigenvalue weighted by Gasteiger charge is -2.39. The summed E-state index contributed by atoms with van der Waals surface area (Å²) >= 11 is 5.34. The van der Waals surface area contributed by atoms with Crippen LogP contribution >= 0.6 is 0 Å². The number of nitrogens with zero attached hydrogens (tertiary/aromatic N) is 3. The number of carbonyl (C=O) groups excluding carboxylic acids is 2. The standard InChI is InChI=1S/C18H17N3O4S3/c1-16(8-19)7-18-15(23)20(3)17(2,28(18)27-26)14(22)21(18)13(16)10-4-5-11-12(6-10)25-9-24-11/h4-6,13H,7,9H2,1-3H3/t13-,16+,17?,18-,28+/m0/s1. The van der Waals surface area contributed by atoms with Crippen molar-refractivity contribution >= 4 is 41.3 Å². The average Bonchev–Trinajstić information content (AvgIpc) is 3.34. The minimum absolute atomic E-state index is 0.125. The Balaban J connectivity index is 1.76. The van der Waals surface area contributed by atoms with Gasteiger partial charge in [0.05, 0.1) is 17.5 Å². The van der Waals surface area contributed by atoms with Gasteiger partial charge in [0.15, 0.2) is 21.2 Å². The summed E-state index contributed by atoms with van der Waals surface area (Å²) in [6.07, 6.45) is 0.271. The highest BCUT2D eigenvalue weighted by Gasteiger charge is 2.80. The van der Waals surface area contributed by atoms with Gasteiger partial charge >= 0.3 is 0 Å². The van der Waals surface area contributed by atoms with Gasteiger partial charge in [-0.1, -0.05) is 6.07 Å². The maximum absolute atomic E-state index is 13.6. The van der Waals surface area contributed by atoms with E-state index in [1.807, 2.05) is 19.1 Å². The molecule has 1 unspecified atom stereocenters. The molecule has 3 fully saturated rings. The first-order valence-corrected chi connectivity index (χ1v) is 12.2. The van der Waals surface area contributed by atoms with Crippen molar-refractivity contribution in [1.82, 2.24) is 9.80 Å². The van der Waals surface area contributed by atoms with E-state index in [1.165, 1.54) is 4.90 Å². The number of ether oxygens (including phenoxy) is 2. The van der Waals surface area contributed by atoms with Gasteiger partial charge in [-0.2, -0.15) is 5.26 Å². The number of carbonyl (C=O) groups is 2. The molecular formula is C18H17N3O4S3. The normalized spacial score (nSPS) is 40.1. The third kappa shape index (κ3) is 1.72. The Morgan fingerprint density at radius 1 is 1.29 bits per heavy atom. The van der Waals surface area contributed by atoms with Crippen LogP contribution in [-0.2, 0) is 39.1 Å². The first kappa shape index (κ1) is 18.1. The maximum Gasteiger partial charge on any atom is 0.261 e. The molecule has 0 aliphatic carbocycles. The molecule has 1 aromatic rings. The van der Waals surface area contributed by atoms with Crippen LogP contribution < -0.4 is 9.47 Å². The van der Waals surface area contributed by atoms with Gasteiger partial charge in [0.2, 0.25) is 6.79 Å². The van der Waals surface area contributed by atoms with Crippen molar-refractivity contribution in [2.45, 2.75) is 36.1 Å². The second-order valence-electron chi connectivity index (χ2n) is 7.86. The van der Waals surface area contributed by atoms with E-state index >= 15 is 0 Å². The number of benzene rings is 1. The smallest absolute Gasteiger partial charge is 0.261 e. The summed E-state index contributed by atoms with van der Waals surface area (Å²) in [5.74, 6) is 0.951. The van der Waals surface area contributed by atoms with E-state index in [9.17, 15) is 14.9 Å². The van der Waals surface area contributed by atoms with E-state index in [2.05, 4.69) is 6.07 Å². The number of fused-ring (bicyclic) bond motifs is 2. The van der Waals surface area contributed by atoms with Crippen LogP contribution in [-0.4, -0.2) is 45.2 Å². The Bertz CT molecular complexity index is 1080. The fourth-order valence-electron chi connectivity index (χ4n) is 5.05. The Morgan fingerprint density at radius 3 is 2.68 bits per heavy atom. The first-order valence-electron chi connectivity index (χ1n) is 8.73. The van der Waals surface area contributed by atoms with Gasteiger partial charge in [-0.15, -0.1) is 0 Å². The Kier molecular flexibility index (Phi) is 3.45. The van der Waals surface area contributed by atoms with Crippen molar-refractivity contribution in [3.05, 3.63) is 23.8 Å². The third-order valence-corrected chi connectivity index (χ3v) is 12.3. The van der Waals surface area contributed by atoms with Crippen LogP contribution in [0.3, 0.4) is 0 Å². The molecule has 1 aromatic carbocycles. The van der Waals surface area contributed by atoms with Gasteiger partial charge in [0, 0.05) is 13.5 Å². The number of nitriles is 1. The second kappa shape index (κ2) is 5.34. The number of amides is 2. The van der Waals surface area contributed by atoms with Gasteiger partial charge in [-0.3, -0.25) is 9.59 Å². The van der Waals surface area contributed by atoms with Crippen molar-refractivity contribution < 1.29 is 19.1 Å². The van der Waals surface area contributed by atoms with Gasteiger partial charge in [0.25, 0.3) is 11.8 Å². The molecular weight excluding hydrogens is 418 g/mol. The van der Waals surface area contributed by atoms with Crippen LogP contribution in [0.25, 0.3) is 0 Å². The predicted molar refractivity (Wildman–Crippen MR) is 106 cm³/mol. The third-order valence-electron chi connectivity index (χ3n) is 6.46. The van der Waals surface area contributed by atoms with E-state index in [-0.39, 0.29) is 25.0 Å². The molecule has 5 rings (SSSR count). The largest absolute Gasteiger partial charge is 0.454 e. The number of piperazine rings is 1. The molecule has 3 saturated heterocycles. The van der Waals surface area contributed by atoms with Crippen molar-refractivity contribution in [1.29, 1.82) is 5.26 Å². The van der Waals surface area contributed by atoms with Crippen molar-refractivity contribution in [2.24, 2.45) is 5.41 Å². The van der Waals surface area contributed by atoms with E-state index in [1.54, 1.807) is 24.9 Å². The fraction of sp³-hybridized carbons (Fsp3) is 0.500. The molecule has 28 heavy (non-hydrogen) atoms. The summed E-state index contributed by atoms with van der Waals surface area (Å²) in [6, 6.07) is 7.29. The zero-order valence-electron chi connectivity index (χ0n) is 15.4. The molecule has 7 nitrogen and oxygen atoms in total. The van der Waals surface area contributed by atoms with E-state index in [0.29, 0.717) is 11.5 Å². The van der Waals surface area contributed by atoms with Crippen LogP contribution in [0.5, 0.6) is 11.5 Å². The minimum atomic E-state index is -1.07. The summed E-state index contributed by atoms with van der Waals surface area (Å²) in [4.78, 5) is 28.2. The number of rotatable bonds is 1. The summed E-state index contributed by atoms with van der Waals surface area (Å²) in [5.41, 5.74) is -0.162. The summed E-state index contributed by atoms with van der Waals surface area (Å²) in [5, 5.41) is 10.1. The number of hydrogen-bond donors (Lipinski definition) is 0. The summed E-state index contributed by atoms with van der Waals surface area (Å²) in [7, 11) is 2.05. The molecule has 0 N–H and O–H groups in total. The van der Waals surface area contributed by atoms with Crippen LogP contribution in [0, 0.1) is 16.7 Å². The average molecular weight is 436 g/mol. The molecule has 4 aliphatic heterocycles. The van der Waals surface area contributed by atoms with Crippen LogP contribution in [0.4, 0.5) is 0 Å². The molecule has 0 aromatic heterocycles. The van der Waals surface area contributed by atoms with E-state index < -0.39 is 30.7 Å². The zero-order chi connectivity index (χ0) is 20.1. The molecule has 146 valence electrons. The molecule has 0 radical (unpaired) electrons. The summed E-state index contributed by atoms with van der Waals surface area (Å²) in [6.45, 7) is 3.76. The topological polar surface area (TPSA) is 82.9 Å². The van der Waals surface area contributed by atoms with Gasteiger partial charge < -0.3 is 19.3 Å².